The lowest BCUT2D eigenvalue weighted by Crippen LogP contribution is -2.61. The minimum absolute atomic E-state index is 0.0748. The Kier molecular flexibility index (Phi) is 4.92. The van der Waals surface area contributed by atoms with Gasteiger partial charge in [-0.1, -0.05) is 6.92 Å². The fourth-order valence-corrected chi connectivity index (χ4v) is 5.05. The molecular formula is C19H32N2O3. The van der Waals surface area contributed by atoms with Crippen LogP contribution < -0.4 is 0 Å². The first kappa shape index (κ1) is 17.7. The minimum atomic E-state index is -0.484. The van der Waals surface area contributed by atoms with E-state index >= 15 is 0 Å². The fraction of sp³-hybridized carbons (Fsp3) is 0.895. The minimum Gasteiger partial charge on any atom is -0.389 e. The highest BCUT2D eigenvalue weighted by molar-refractivity contribution is 5.77. The first-order chi connectivity index (χ1) is 11.4. The molecule has 3 rings (SSSR count). The highest BCUT2D eigenvalue weighted by atomic mass is 16.3. The Morgan fingerprint density at radius 2 is 1.62 bits per heavy atom. The number of carbonyl (C=O) groups is 2. The first-order valence-electron chi connectivity index (χ1n) is 9.65. The second-order valence-corrected chi connectivity index (χ2v) is 8.20. The predicted octanol–water partition coefficient (Wildman–Crippen LogP) is 2.18. The number of hydrogen-bond donors (Lipinski definition) is 1. The van der Waals surface area contributed by atoms with Crippen molar-refractivity contribution in [2.45, 2.75) is 70.8 Å². The van der Waals surface area contributed by atoms with Crippen LogP contribution in [-0.4, -0.2) is 58.5 Å². The maximum absolute atomic E-state index is 12.6. The predicted molar refractivity (Wildman–Crippen MR) is 92.3 cm³/mol. The topological polar surface area (TPSA) is 60.9 Å². The molecule has 2 saturated heterocycles. The summed E-state index contributed by atoms with van der Waals surface area (Å²) in [5.41, 5.74) is -0.410. The van der Waals surface area contributed by atoms with Gasteiger partial charge in [0.15, 0.2) is 0 Å². The molecule has 0 aromatic heterocycles. The lowest BCUT2D eigenvalue weighted by molar-refractivity contribution is -0.192. The van der Waals surface area contributed by atoms with Crippen LogP contribution in [0.1, 0.15) is 65.2 Å². The van der Waals surface area contributed by atoms with Crippen LogP contribution in [0, 0.1) is 11.3 Å². The van der Waals surface area contributed by atoms with Gasteiger partial charge in [-0.05, 0) is 50.9 Å². The third-order valence-electron chi connectivity index (χ3n) is 7.19. The molecule has 24 heavy (non-hydrogen) atoms. The largest absolute Gasteiger partial charge is 0.389 e. The van der Waals surface area contributed by atoms with Gasteiger partial charge in [0, 0.05) is 44.9 Å². The summed E-state index contributed by atoms with van der Waals surface area (Å²) in [5, 5.41) is 10.7. The summed E-state index contributed by atoms with van der Waals surface area (Å²) in [4.78, 5) is 27.9. The summed E-state index contributed by atoms with van der Waals surface area (Å²) in [6.45, 7) is 6.87. The second-order valence-electron chi connectivity index (χ2n) is 8.20. The molecule has 0 aromatic rings. The zero-order valence-electron chi connectivity index (χ0n) is 15.2. The molecule has 1 spiro atoms. The molecule has 1 saturated carbocycles. The molecule has 2 amide bonds. The molecule has 0 radical (unpaired) electrons. The van der Waals surface area contributed by atoms with Gasteiger partial charge in [0.2, 0.25) is 11.8 Å². The van der Waals surface area contributed by atoms with Gasteiger partial charge >= 0.3 is 0 Å². The number of hydrogen-bond acceptors (Lipinski definition) is 3. The molecule has 2 aliphatic heterocycles. The molecule has 3 fully saturated rings. The van der Waals surface area contributed by atoms with Gasteiger partial charge in [0.1, 0.15) is 0 Å². The summed E-state index contributed by atoms with van der Waals surface area (Å²) in [6, 6.07) is 0. The number of aliphatic hydroxyl groups is 1. The Morgan fingerprint density at radius 1 is 1.00 bits per heavy atom. The van der Waals surface area contributed by atoms with Crippen molar-refractivity contribution in [3.8, 4) is 0 Å². The quantitative estimate of drug-likeness (QED) is 0.859. The molecule has 1 atom stereocenters. The van der Waals surface area contributed by atoms with Gasteiger partial charge in [0.25, 0.3) is 0 Å². The van der Waals surface area contributed by atoms with Crippen LogP contribution >= 0.6 is 0 Å². The normalized spacial score (nSPS) is 30.3. The standard InChI is InChI=1S/C19H32N2O3/c1-3-19(24)7-6-18(19)8-12-21(13-9-18)17(23)14-16-4-10-20(11-5-16)15(2)22/h16,24H,3-14H2,1-2H3. The lowest BCUT2D eigenvalue weighted by Gasteiger charge is -2.59. The van der Waals surface area contributed by atoms with Gasteiger partial charge in [-0.3, -0.25) is 9.59 Å². The van der Waals surface area contributed by atoms with Crippen molar-refractivity contribution in [2.75, 3.05) is 26.2 Å². The third kappa shape index (κ3) is 3.07. The Bertz CT molecular complexity index is 487. The van der Waals surface area contributed by atoms with E-state index in [1.807, 2.05) is 9.80 Å². The summed E-state index contributed by atoms with van der Waals surface area (Å²) in [5.74, 6) is 0.829. The first-order valence-corrected chi connectivity index (χ1v) is 9.65. The summed E-state index contributed by atoms with van der Waals surface area (Å²) in [6.07, 6.45) is 7.27. The van der Waals surface area contributed by atoms with Crippen molar-refractivity contribution in [3.05, 3.63) is 0 Å². The van der Waals surface area contributed by atoms with Gasteiger partial charge in [-0.15, -0.1) is 0 Å². The smallest absolute Gasteiger partial charge is 0.222 e. The van der Waals surface area contributed by atoms with Crippen LogP contribution in [0.5, 0.6) is 0 Å². The van der Waals surface area contributed by atoms with E-state index in [-0.39, 0.29) is 17.2 Å². The van der Waals surface area contributed by atoms with Crippen molar-refractivity contribution in [1.29, 1.82) is 0 Å². The van der Waals surface area contributed by atoms with Crippen LogP contribution in [0.15, 0.2) is 0 Å². The van der Waals surface area contributed by atoms with Crippen LogP contribution in [0.3, 0.4) is 0 Å². The zero-order valence-corrected chi connectivity index (χ0v) is 15.2. The molecule has 5 nitrogen and oxygen atoms in total. The Balaban J connectivity index is 1.46. The molecular weight excluding hydrogens is 304 g/mol. The second kappa shape index (κ2) is 6.66. The van der Waals surface area contributed by atoms with E-state index < -0.39 is 5.60 Å². The molecule has 1 aliphatic carbocycles. The lowest BCUT2D eigenvalue weighted by atomic mass is 9.51. The molecule has 0 aromatic carbocycles. The van der Waals surface area contributed by atoms with Crippen molar-refractivity contribution in [1.82, 2.24) is 9.80 Å². The average Bonchev–Trinajstić information content (AvgIpc) is 2.60. The van der Waals surface area contributed by atoms with E-state index in [0.29, 0.717) is 12.3 Å². The van der Waals surface area contributed by atoms with Crippen LogP contribution in [-0.2, 0) is 9.59 Å². The van der Waals surface area contributed by atoms with Crippen LogP contribution in [0.2, 0.25) is 0 Å². The monoisotopic (exact) mass is 336 g/mol. The van der Waals surface area contributed by atoms with Crippen LogP contribution in [0.4, 0.5) is 0 Å². The van der Waals surface area contributed by atoms with E-state index in [0.717, 1.165) is 71.1 Å². The maximum Gasteiger partial charge on any atom is 0.222 e. The maximum atomic E-state index is 12.6. The van der Waals surface area contributed by atoms with Crippen molar-refractivity contribution in [2.24, 2.45) is 11.3 Å². The van der Waals surface area contributed by atoms with E-state index in [4.69, 9.17) is 0 Å². The number of piperidine rings is 2. The molecule has 136 valence electrons. The fourth-order valence-electron chi connectivity index (χ4n) is 5.05. The zero-order chi connectivity index (χ0) is 17.4. The number of rotatable bonds is 3. The number of amides is 2. The molecule has 0 bridgehead atoms. The number of likely N-dealkylation sites (tertiary alicyclic amines) is 2. The summed E-state index contributed by atoms with van der Waals surface area (Å²) >= 11 is 0. The highest BCUT2D eigenvalue weighted by Gasteiger charge is 2.57. The van der Waals surface area contributed by atoms with E-state index in [2.05, 4.69) is 6.92 Å². The average molecular weight is 336 g/mol. The molecule has 3 aliphatic rings. The molecule has 2 heterocycles. The van der Waals surface area contributed by atoms with Crippen molar-refractivity contribution in [3.63, 3.8) is 0 Å². The van der Waals surface area contributed by atoms with Gasteiger partial charge < -0.3 is 14.9 Å². The van der Waals surface area contributed by atoms with Gasteiger partial charge in [-0.2, -0.15) is 0 Å². The van der Waals surface area contributed by atoms with Gasteiger partial charge in [-0.25, -0.2) is 0 Å². The number of carbonyl (C=O) groups excluding carboxylic acids is 2. The Morgan fingerprint density at radius 3 is 2.08 bits per heavy atom. The van der Waals surface area contributed by atoms with E-state index in [9.17, 15) is 14.7 Å². The summed E-state index contributed by atoms with van der Waals surface area (Å²) < 4.78 is 0. The van der Waals surface area contributed by atoms with Gasteiger partial charge in [0.05, 0.1) is 5.60 Å². The summed E-state index contributed by atoms with van der Waals surface area (Å²) in [7, 11) is 0. The molecule has 5 heteroatoms. The molecule has 1 N–H and O–H groups in total. The van der Waals surface area contributed by atoms with Crippen LogP contribution in [0.25, 0.3) is 0 Å². The van der Waals surface area contributed by atoms with E-state index in [1.54, 1.807) is 6.92 Å². The third-order valence-corrected chi connectivity index (χ3v) is 7.19. The Hall–Kier alpha value is -1.10. The SMILES string of the molecule is CCC1(O)CCC12CCN(C(=O)CC1CCN(C(C)=O)CC1)CC2. The Labute approximate surface area is 145 Å². The van der Waals surface area contributed by atoms with Crippen molar-refractivity contribution < 1.29 is 14.7 Å². The van der Waals surface area contributed by atoms with E-state index in [1.165, 1.54) is 0 Å². The number of nitrogens with zero attached hydrogens (tertiary/aromatic N) is 2. The highest BCUT2D eigenvalue weighted by Crippen LogP contribution is 2.57. The molecule has 1 unspecified atom stereocenters. The van der Waals surface area contributed by atoms with Crippen molar-refractivity contribution >= 4 is 11.8 Å².